The quantitative estimate of drug-likeness (QED) is 0.799. The van der Waals surface area contributed by atoms with Crippen molar-refractivity contribution < 1.29 is 17.6 Å². The first-order valence-corrected chi connectivity index (χ1v) is 9.90. The molecule has 6 nitrogen and oxygen atoms in total. The Bertz CT molecular complexity index is 700. The average molecular weight is 355 g/mol. The highest BCUT2D eigenvalue weighted by atomic mass is 32.2. The van der Waals surface area contributed by atoms with Gasteiger partial charge in [0, 0.05) is 45.0 Å². The number of hydrogen-bond acceptors (Lipinski definition) is 4. The molecule has 0 N–H and O–H groups in total. The number of urea groups is 1. The molecule has 8 heteroatoms. The van der Waals surface area contributed by atoms with Gasteiger partial charge in [0.15, 0.2) is 9.84 Å². The van der Waals surface area contributed by atoms with Gasteiger partial charge >= 0.3 is 6.03 Å². The van der Waals surface area contributed by atoms with Gasteiger partial charge in [0.2, 0.25) is 0 Å². The van der Waals surface area contributed by atoms with Crippen molar-refractivity contribution in [1.82, 2.24) is 9.80 Å². The van der Waals surface area contributed by atoms with Crippen LogP contribution < -0.4 is 4.90 Å². The molecular formula is C16H22FN3O3S. The number of nitrogens with zero attached hydrogens (tertiary/aromatic N) is 3. The van der Waals surface area contributed by atoms with Gasteiger partial charge in [-0.1, -0.05) is 0 Å². The maximum atomic E-state index is 13.0. The SMILES string of the molecule is CN(C(=O)N1CCN(c2ccc(F)cc2)CC1)C1CCS(=O)(=O)C1. The van der Waals surface area contributed by atoms with Gasteiger partial charge in [0.05, 0.1) is 11.5 Å². The summed E-state index contributed by atoms with van der Waals surface area (Å²) >= 11 is 0. The van der Waals surface area contributed by atoms with E-state index in [9.17, 15) is 17.6 Å². The summed E-state index contributed by atoms with van der Waals surface area (Å²) in [4.78, 5) is 18.0. The molecule has 1 unspecified atom stereocenters. The van der Waals surface area contributed by atoms with Crippen molar-refractivity contribution in [3.05, 3.63) is 30.1 Å². The Kier molecular flexibility index (Phi) is 4.67. The summed E-state index contributed by atoms with van der Waals surface area (Å²) in [5, 5.41) is 0. The maximum absolute atomic E-state index is 13.0. The maximum Gasteiger partial charge on any atom is 0.320 e. The van der Waals surface area contributed by atoms with E-state index in [0.29, 0.717) is 32.6 Å². The second-order valence-electron chi connectivity index (χ2n) is 6.40. The molecule has 2 heterocycles. The highest BCUT2D eigenvalue weighted by Crippen LogP contribution is 2.20. The number of benzene rings is 1. The highest BCUT2D eigenvalue weighted by molar-refractivity contribution is 7.91. The van der Waals surface area contributed by atoms with Gasteiger partial charge in [-0.15, -0.1) is 0 Å². The number of sulfone groups is 1. The van der Waals surface area contributed by atoms with E-state index in [-0.39, 0.29) is 29.4 Å². The van der Waals surface area contributed by atoms with E-state index in [1.807, 2.05) is 0 Å². The first-order chi connectivity index (χ1) is 11.4. The number of rotatable bonds is 2. The minimum absolute atomic E-state index is 0.0603. The van der Waals surface area contributed by atoms with Crippen LogP contribution in [0, 0.1) is 5.82 Å². The van der Waals surface area contributed by atoms with Crippen molar-refractivity contribution in [2.24, 2.45) is 0 Å². The van der Waals surface area contributed by atoms with Crippen molar-refractivity contribution in [1.29, 1.82) is 0 Å². The molecule has 132 valence electrons. The summed E-state index contributed by atoms with van der Waals surface area (Å²) in [7, 11) is -1.32. The van der Waals surface area contributed by atoms with Crippen molar-refractivity contribution in [2.75, 3.05) is 49.6 Å². The number of hydrogen-bond donors (Lipinski definition) is 0. The topological polar surface area (TPSA) is 60.9 Å². The van der Waals surface area contributed by atoms with Crippen LogP contribution in [0.2, 0.25) is 0 Å². The van der Waals surface area contributed by atoms with E-state index >= 15 is 0 Å². The van der Waals surface area contributed by atoms with Crippen molar-refractivity contribution in [2.45, 2.75) is 12.5 Å². The zero-order chi connectivity index (χ0) is 17.3. The van der Waals surface area contributed by atoms with Crippen LogP contribution in [-0.4, -0.2) is 75.0 Å². The lowest BCUT2D eigenvalue weighted by molar-refractivity contribution is 0.147. The summed E-state index contributed by atoms with van der Waals surface area (Å²) < 4.78 is 36.2. The molecule has 0 radical (unpaired) electrons. The number of carbonyl (C=O) groups excluding carboxylic acids is 1. The molecule has 3 rings (SSSR count). The molecule has 2 amide bonds. The van der Waals surface area contributed by atoms with Gasteiger partial charge < -0.3 is 14.7 Å². The third-order valence-electron chi connectivity index (χ3n) is 4.80. The normalized spacial score (nSPS) is 23.3. The molecule has 0 spiro atoms. The van der Waals surface area contributed by atoms with Crippen LogP contribution in [0.1, 0.15) is 6.42 Å². The van der Waals surface area contributed by atoms with Gasteiger partial charge in [-0.05, 0) is 30.7 Å². The van der Waals surface area contributed by atoms with E-state index in [0.717, 1.165) is 5.69 Å². The number of piperazine rings is 1. The van der Waals surface area contributed by atoms with Gasteiger partial charge in [-0.2, -0.15) is 0 Å². The summed E-state index contributed by atoms with van der Waals surface area (Å²) in [5.41, 5.74) is 0.943. The van der Waals surface area contributed by atoms with Crippen LogP contribution in [0.5, 0.6) is 0 Å². The van der Waals surface area contributed by atoms with E-state index in [1.165, 1.54) is 12.1 Å². The number of halogens is 1. The molecule has 0 saturated carbocycles. The Morgan fingerprint density at radius 1 is 1.17 bits per heavy atom. The zero-order valence-electron chi connectivity index (χ0n) is 13.7. The second kappa shape index (κ2) is 6.58. The second-order valence-corrected chi connectivity index (χ2v) is 8.63. The largest absolute Gasteiger partial charge is 0.368 e. The molecule has 2 aliphatic rings. The Morgan fingerprint density at radius 2 is 1.79 bits per heavy atom. The summed E-state index contributed by atoms with van der Waals surface area (Å²) in [6.07, 6.45) is 0.514. The number of amides is 2. The van der Waals surface area contributed by atoms with E-state index in [2.05, 4.69) is 4.90 Å². The minimum Gasteiger partial charge on any atom is -0.368 e. The molecule has 0 bridgehead atoms. The third-order valence-corrected chi connectivity index (χ3v) is 6.55. The summed E-state index contributed by atoms with van der Waals surface area (Å²) in [5.74, 6) is -0.0426. The molecular weight excluding hydrogens is 333 g/mol. The van der Waals surface area contributed by atoms with Gasteiger partial charge in [-0.25, -0.2) is 17.6 Å². The van der Waals surface area contributed by atoms with Crippen LogP contribution in [0.4, 0.5) is 14.9 Å². The Hall–Kier alpha value is -1.83. The fourth-order valence-corrected chi connectivity index (χ4v) is 5.04. The van der Waals surface area contributed by atoms with Crippen molar-refractivity contribution in [3.63, 3.8) is 0 Å². The molecule has 2 fully saturated rings. The first-order valence-electron chi connectivity index (χ1n) is 8.08. The molecule has 0 aliphatic carbocycles. The van der Waals surface area contributed by atoms with Crippen LogP contribution in [0.25, 0.3) is 0 Å². The predicted molar refractivity (Wildman–Crippen MR) is 90.4 cm³/mol. The lowest BCUT2D eigenvalue weighted by Crippen LogP contribution is -2.54. The molecule has 1 aromatic carbocycles. The zero-order valence-corrected chi connectivity index (χ0v) is 14.5. The molecule has 2 aliphatic heterocycles. The highest BCUT2D eigenvalue weighted by Gasteiger charge is 2.35. The van der Waals surface area contributed by atoms with Crippen LogP contribution >= 0.6 is 0 Å². The average Bonchev–Trinajstić information content (AvgIpc) is 2.94. The third kappa shape index (κ3) is 3.63. The Morgan fingerprint density at radius 3 is 2.33 bits per heavy atom. The molecule has 24 heavy (non-hydrogen) atoms. The predicted octanol–water partition coefficient (Wildman–Crippen LogP) is 1.19. The smallest absolute Gasteiger partial charge is 0.320 e. The fourth-order valence-electron chi connectivity index (χ4n) is 3.27. The standard InChI is InChI=1S/C16H22FN3O3S/c1-18(15-6-11-24(22,23)12-15)16(21)20-9-7-19(8-10-20)14-4-2-13(17)3-5-14/h2-5,15H,6-12H2,1H3. The molecule has 1 atom stereocenters. The summed E-state index contributed by atoms with van der Waals surface area (Å²) in [6, 6.07) is 6.00. The van der Waals surface area contributed by atoms with E-state index < -0.39 is 9.84 Å². The van der Waals surface area contributed by atoms with Crippen LogP contribution in [-0.2, 0) is 9.84 Å². The summed E-state index contributed by atoms with van der Waals surface area (Å²) in [6.45, 7) is 2.49. The Balaban J connectivity index is 1.56. The van der Waals surface area contributed by atoms with Gasteiger partial charge in [0.1, 0.15) is 5.82 Å². The molecule has 2 saturated heterocycles. The lowest BCUT2D eigenvalue weighted by Gasteiger charge is -2.38. The molecule has 1 aromatic rings. The number of anilines is 1. The Labute approximate surface area is 141 Å². The fraction of sp³-hybridized carbons (Fsp3) is 0.562. The van der Waals surface area contributed by atoms with Crippen LogP contribution in [0.15, 0.2) is 24.3 Å². The van der Waals surface area contributed by atoms with Crippen molar-refractivity contribution in [3.8, 4) is 0 Å². The van der Waals surface area contributed by atoms with E-state index in [4.69, 9.17) is 0 Å². The minimum atomic E-state index is -3.00. The lowest BCUT2D eigenvalue weighted by atomic mass is 10.2. The van der Waals surface area contributed by atoms with Gasteiger partial charge in [-0.3, -0.25) is 0 Å². The first kappa shape index (κ1) is 17.0. The van der Waals surface area contributed by atoms with Crippen LogP contribution in [0.3, 0.4) is 0 Å². The molecule has 0 aromatic heterocycles. The number of carbonyl (C=O) groups is 1. The monoisotopic (exact) mass is 355 g/mol. The van der Waals surface area contributed by atoms with E-state index in [1.54, 1.807) is 29.0 Å². The van der Waals surface area contributed by atoms with Gasteiger partial charge in [0.25, 0.3) is 0 Å². The van der Waals surface area contributed by atoms with Crippen molar-refractivity contribution >= 4 is 21.6 Å².